The Balaban J connectivity index is 3.66. The van der Waals surface area contributed by atoms with E-state index in [9.17, 15) is 0 Å². The minimum atomic E-state index is -0.886. The van der Waals surface area contributed by atoms with Crippen molar-refractivity contribution in [3.8, 4) is 0 Å². The fourth-order valence-corrected chi connectivity index (χ4v) is 1.41. The van der Waals surface area contributed by atoms with E-state index in [-0.39, 0.29) is 0 Å². The van der Waals surface area contributed by atoms with Gasteiger partial charge in [0.2, 0.25) is 0 Å². The number of allylic oxidation sites excluding steroid dienone is 1. The van der Waals surface area contributed by atoms with Crippen LogP contribution in [-0.4, -0.2) is 0 Å². The summed E-state index contributed by atoms with van der Waals surface area (Å²) < 4.78 is 8.77. The summed E-state index contributed by atoms with van der Waals surface area (Å²) in [5.41, 5.74) is 0. The smallest absolute Gasteiger partial charge is 0.0138 e. The Bertz CT molecular complexity index is 132. The number of hydrogen-bond acceptors (Lipinski definition) is 1. The van der Waals surface area contributed by atoms with Crippen molar-refractivity contribution >= 4 is 28.9 Å². The molecule has 0 aromatic carbocycles. The van der Waals surface area contributed by atoms with Crippen LogP contribution in [0.3, 0.4) is 0 Å². The minimum Gasteiger partial charge on any atom is -0.219 e. The Morgan fingerprint density at radius 3 is 2.43 bits per heavy atom. The first-order valence-corrected chi connectivity index (χ1v) is 6.09. The average molecular weight is 229 g/mol. The van der Waals surface area contributed by atoms with Gasteiger partial charge in [-0.05, 0) is 19.0 Å². The van der Waals surface area contributed by atoms with Crippen molar-refractivity contribution in [3.63, 3.8) is 0 Å². The molecule has 0 aliphatic carbocycles. The molecule has 0 aromatic heterocycles. The van der Waals surface area contributed by atoms with Gasteiger partial charge in [-0.2, -0.15) is 0 Å². The lowest BCUT2D eigenvalue weighted by Crippen LogP contribution is -1.60. The van der Waals surface area contributed by atoms with Gasteiger partial charge in [0.15, 0.2) is 0 Å². The van der Waals surface area contributed by atoms with E-state index in [4.69, 9.17) is 4.61 Å². The van der Waals surface area contributed by atoms with Gasteiger partial charge in [-0.15, -0.1) is 0 Å². The van der Waals surface area contributed by atoms with Gasteiger partial charge in [0.05, 0.1) is 0 Å². The first kappa shape index (κ1) is 7.53. The van der Waals surface area contributed by atoms with Gasteiger partial charge in [0.25, 0.3) is 0 Å². The lowest BCUT2D eigenvalue weighted by Gasteiger charge is -1.89. The summed E-state index contributed by atoms with van der Waals surface area (Å²) in [6.45, 7) is 5.64. The van der Waals surface area contributed by atoms with Crippen LogP contribution in [0, 0.1) is 4.61 Å². The van der Waals surface area contributed by atoms with Crippen molar-refractivity contribution in [2.45, 2.75) is 13.3 Å². The van der Waals surface area contributed by atoms with Crippen LogP contribution in [0.5, 0.6) is 0 Å². The number of rotatable bonds is 1. The molecule has 1 unspecified atom stereocenters. The van der Waals surface area contributed by atoms with Crippen LogP contribution < -0.4 is 0 Å². The lowest BCUT2D eigenvalue weighted by atomic mass is 10.5. The number of thiol groups is 1. The molecule has 0 aromatic rings. The highest BCUT2D eigenvalue weighted by atomic mass is 127. The average Bonchev–Trinajstić information content (AvgIpc) is 1.65. The molecule has 0 saturated heterocycles. The highest BCUT2D eigenvalue weighted by molar-refractivity contribution is 14.2. The highest BCUT2D eigenvalue weighted by Gasteiger charge is 1.86. The van der Waals surface area contributed by atoms with Gasteiger partial charge in [0, 0.05) is 21.2 Å². The third kappa shape index (κ3) is 3.14. The minimum absolute atomic E-state index is 0.886. The topological polar surface area (TPSA) is 23.8 Å². The highest BCUT2D eigenvalue weighted by Crippen LogP contribution is 2.29. The Kier molecular flexibility index (Phi) is 3.79. The summed E-state index contributed by atoms with van der Waals surface area (Å²) in [5.74, 6) is 0. The summed E-state index contributed by atoms with van der Waals surface area (Å²) in [5, 5.41) is 0. The maximum atomic E-state index is 8.77. The molecular weight excluding hydrogens is 221 g/mol. The van der Waals surface area contributed by atoms with Crippen LogP contribution in [-0.2, 0) is 0 Å². The molecule has 0 saturated carbocycles. The normalized spacial score (nSPS) is 13.3. The third-order valence-electron chi connectivity index (χ3n) is 0.669. The van der Waals surface area contributed by atoms with Crippen LogP contribution >= 0.6 is 28.9 Å². The van der Waals surface area contributed by atoms with E-state index in [0.29, 0.717) is 0 Å². The van der Waals surface area contributed by atoms with E-state index < -0.39 is 7.70 Å². The molecule has 3 heteroatoms. The molecular formula is C4H8INS. The van der Waals surface area contributed by atoms with E-state index in [1.165, 1.54) is 0 Å². The Morgan fingerprint density at radius 1 is 2.00 bits per heavy atom. The van der Waals surface area contributed by atoms with E-state index >= 15 is 0 Å². The SMILES string of the molecule is C=C(CC)[SH](#N)I. The summed E-state index contributed by atoms with van der Waals surface area (Å²) in [7, 11) is -0.886. The van der Waals surface area contributed by atoms with Crippen molar-refractivity contribution < 1.29 is 0 Å². The predicted octanol–water partition coefficient (Wildman–Crippen LogP) is 2.74. The second kappa shape index (κ2) is 3.52. The van der Waals surface area contributed by atoms with Crippen molar-refractivity contribution in [3.05, 3.63) is 11.5 Å². The summed E-state index contributed by atoms with van der Waals surface area (Å²) in [6, 6.07) is 0. The molecule has 0 radical (unpaired) electrons. The Labute approximate surface area is 58.3 Å². The van der Waals surface area contributed by atoms with Crippen molar-refractivity contribution in [2.24, 2.45) is 0 Å². The monoisotopic (exact) mass is 229 g/mol. The molecule has 0 amide bonds. The quantitative estimate of drug-likeness (QED) is 0.542. The van der Waals surface area contributed by atoms with Crippen molar-refractivity contribution in [2.75, 3.05) is 0 Å². The molecule has 1 nitrogen and oxygen atoms in total. The van der Waals surface area contributed by atoms with Crippen LogP contribution in [0.15, 0.2) is 11.5 Å². The van der Waals surface area contributed by atoms with Gasteiger partial charge in [-0.25, -0.2) is 4.61 Å². The standard InChI is InChI=1S/C4H8INS/c1-3-4(2)7(5)6/h7H,2-3H2,1H3. The predicted molar refractivity (Wildman–Crippen MR) is 44.2 cm³/mol. The van der Waals surface area contributed by atoms with Crippen LogP contribution in [0.25, 0.3) is 0 Å². The molecule has 0 aliphatic rings. The fourth-order valence-electron chi connectivity index (χ4n) is 0.130. The van der Waals surface area contributed by atoms with Gasteiger partial charge in [0.1, 0.15) is 0 Å². The second-order valence-corrected chi connectivity index (χ2v) is 5.07. The molecule has 42 valence electrons. The van der Waals surface area contributed by atoms with E-state index in [1.54, 1.807) is 0 Å². The molecule has 0 spiro atoms. The van der Waals surface area contributed by atoms with E-state index in [1.807, 2.05) is 28.1 Å². The van der Waals surface area contributed by atoms with Crippen LogP contribution in [0.1, 0.15) is 13.3 Å². The molecule has 7 heavy (non-hydrogen) atoms. The second-order valence-electron chi connectivity index (χ2n) is 1.18. The van der Waals surface area contributed by atoms with E-state index in [2.05, 4.69) is 6.58 Å². The molecule has 0 fully saturated rings. The fraction of sp³-hybridized carbons (Fsp3) is 0.500. The van der Waals surface area contributed by atoms with Crippen molar-refractivity contribution in [1.82, 2.24) is 0 Å². The molecule has 0 bridgehead atoms. The summed E-state index contributed by atoms with van der Waals surface area (Å²) >= 11 is 1.99. The number of nitrogens with zero attached hydrogens (tertiary/aromatic N) is 1. The zero-order chi connectivity index (χ0) is 5.86. The van der Waals surface area contributed by atoms with E-state index in [0.717, 1.165) is 11.3 Å². The van der Waals surface area contributed by atoms with Gasteiger partial charge >= 0.3 is 0 Å². The number of halogens is 1. The molecule has 0 heterocycles. The van der Waals surface area contributed by atoms with Crippen LogP contribution in [0.4, 0.5) is 0 Å². The maximum absolute atomic E-state index is 8.77. The largest absolute Gasteiger partial charge is 0.219 e. The molecule has 0 N–H and O–H groups in total. The first-order valence-electron chi connectivity index (χ1n) is 2.01. The third-order valence-corrected chi connectivity index (χ3v) is 3.55. The van der Waals surface area contributed by atoms with Crippen molar-refractivity contribution in [1.29, 1.82) is 4.61 Å². The summed E-state index contributed by atoms with van der Waals surface area (Å²) in [6.07, 6.45) is 0.894. The molecule has 1 atom stereocenters. The van der Waals surface area contributed by atoms with Gasteiger partial charge < -0.3 is 0 Å². The summed E-state index contributed by atoms with van der Waals surface area (Å²) in [4.78, 5) is 0.954. The number of hydrogen-bond donors (Lipinski definition) is 1. The lowest BCUT2D eigenvalue weighted by molar-refractivity contribution is 1.21. The zero-order valence-corrected chi connectivity index (χ0v) is 7.24. The van der Waals surface area contributed by atoms with Gasteiger partial charge in [-0.1, -0.05) is 13.5 Å². The maximum Gasteiger partial charge on any atom is 0.0138 e. The van der Waals surface area contributed by atoms with Crippen LogP contribution in [0.2, 0.25) is 0 Å². The van der Waals surface area contributed by atoms with Gasteiger partial charge in [-0.3, -0.25) is 0 Å². The molecule has 0 rings (SSSR count). The Hall–Kier alpha value is 0.530. The first-order chi connectivity index (χ1) is 3.18. The Morgan fingerprint density at radius 2 is 2.43 bits per heavy atom. The molecule has 0 aliphatic heterocycles. The zero-order valence-electron chi connectivity index (χ0n) is 4.19.